The van der Waals surface area contributed by atoms with Crippen molar-refractivity contribution < 1.29 is 4.79 Å². The molecule has 0 unspecified atom stereocenters. The van der Waals surface area contributed by atoms with Crippen LogP contribution in [0.5, 0.6) is 0 Å². The van der Waals surface area contributed by atoms with Crippen molar-refractivity contribution in [2.24, 2.45) is 0 Å². The topological polar surface area (TPSA) is 20.3 Å². The Morgan fingerprint density at radius 1 is 1.55 bits per heavy atom. The molecule has 0 aromatic carbocycles. The summed E-state index contributed by atoms with van der Waals surface area (Å²) in [6.07, 6.45) is 6.36. The summed E-state index contributed by atoms with van der Waals surface area (Å²) < 4.78 is 0. The van der Waals surface area contributed by atoms with Crippen LogP contribution in [0.2, 0.25) is 0 Å². The van der Waals surface area contributed by atoms with Gasteiger partial charge in [-0.1, -0.05) is 12.5 Å². The first-order chi connectivity index (χ1) is 5.38. The van der Waals surface area contributed by atoms with Gasteiger partial charge in [-0.05, 0) is 19.4 Å². The summed E-state index contributed by atoms with van der Waals surface area (Å²) in [4.78, 5) is 12.8. The highest BCUT2D eigenvalue weighted by atomic mass is 16.1. The smallest absolute Gasteiger partial charge is 0.137 e. The second kappa shape index (κ2) is 4.29. The zero-order valence-electron chi connectivity index (χ0n) is 6.83. The Labute approximate surface area is 67.9 Å². The van der Waals surface area contributed by atoms with E-state index in [4.69, 9.17) is 0 Å². The van der Waals surface area contributed by atoms with E-state index in [1.165, 1.54) is 12.8 Å². The molecule has 1 atom stereocenters. The number of nitrogens with zero attached hydrogens (tertiary/aromatic N) is 1. The third-order valence-corrected chi connectivity index (χ3v) is 2.18. The maximum absolute atomic E-state index is 10.6. The van der Waals surface area contributed by atoms with Gasteiger partial charge in [0, 0.05) is 6.54 Å². The van der Waals surface area contributed by atoms with Gasteiger partial charge in [0.1, 0.15) is 6.29 Å². The first-order valence-corrected chi connectivity index (χ1v) is 4.18. The molecule has 2 nitrogen and oxygen atoms in total. The highest BCUT2D eigenvalue weighted by molar-refractivity contribution is 5.57. The van der Waals surface area contributed by atoms with Crippen LogP contribution in [-0.4, -0.2) is 30.3 Å². The minimum absolute atomic E-state index is 0.154. The number of carbonyl (C=O) groups excluding carboxylic acids is 1. The van der Waals surface area contributed by atoms with Crippen LogP contribution in [0.25, 0.3) is 0 Å². The van der Waals surface area contributed by atoms with Gasteiger partial charge in [-0.3, -0.25) is 4.90 Å². The fourth-order valence-electron chi connectivity index (χ4n) is 1.56. The summed E-state index contributed by atoms with van der Waals surface area (Å²) >= 11 is 0. The second-order valence-electron chi connectivity index (χ2n) is 2.98. The number of likely N-dealkylation sites (tertiary alicyclic amines) is 1. The van der Waals surface area contributed by atoms with Gasteiger partial charge in [-0.2, -0.15) is 0 Å². The zero-order chi connectivity index (χ0) is 8.10. The first-order valence-electron chi connectivity index (χ1n) is 4.18. The van der Waals surface area contributed by atoms with E-state index in [-0.39, 0.29) is 6.04 Å². The van der Waals surface area contributed by atoms with Crippen LogP contribution in [0.4, 0.5) is 0 Å². The Bertz CT molecular complexity index is 144. The van der Waals surface area contributed by atoms with Crippen LogP contribution < -0.4 is 0 Å². The summed E-state index contributed by atoms with van der Waals surface area (Å²) in [6, 6.07) is 0.154. The van der Waals surface area contributed by atoms with E-state index >= 15 is 0 Å². The molecule has 1 aliphatic heterocycles. The van der Waals surface area contributed by atoms with E-state index in [1.807, 2.05) is 6.08 Å². The molecule has 1 saturated heterocycles. The van der Waals surface area contributed by atoms with Crippen LogP contribution in [0.1, 0.15) is 19.3 Å². The fourth-order valence-corrected chi connectivity index (χ4v) is 1.56. The molecule has 0 amide bonds. The van der Waals surface area contributed by atoms with Crippen molar-refractivity contribution in [2.75, 3.05) is 13.1 Å². The van der Waals surface area contributed by atoms with Crippen LogP contribution in [-0.2, 0) is 4.79 Å². The lowest BCUT2D eigenvalue weighted by atomic mass is 10.0. The molecule has 0 aromatic heterocycles. The molecule has 11 heavy (non-hydrogen) atoms. The molecule has 2 heteroatoms. The molecule has 0 spiro atoms. The number of aldehydes is 1. The van der Waals surface area contributed by atoms with Crippen molar-refractivity contribution in [3.8, 4) is 0 Å². The van der Waals surface area contributed by atoms with Gasteiger partial charge in [-0.25, -0.2) is 0 Å². The van der Waals surface area contributed by atoms with Crippen molar-refractivity contribution >= 4 is 6.29 Å². The highest BCUT2D eigenvalue weighted by Gasteiger charge is 2.19. The SMILES string of the molecule is C=CCN1CCCC[C@H]1C=O. The van der Waals surface area contributed by atoms with E-state index in [9.17, 15) is 4.79 Å². The number of hydrogen-bond acceptors (Lipinski definition) is 2. The predicted octanol–water partition coefficient (Wildman–Crippen LogP) is 1.23. The van der Waals surface area contributed by atoms with Crippen LogP contribution in [0.3, 0.4) is 0 Å². The molecule has 0 aromatic rings. The minimum atomic E-state index is 0.154. The fraction of sp³-hybridized carbons (Fsp3) is 0.667. The maximum atomic E-state index is 10.6. The molecule has 1 rings (SSSR count). The normalized spacial score (nSPS) is 26.4. The molecular formula is C9H15NO. The lowest BCUT2D eigenvalue weighted by molar-refractivity contribution is -0.113. The largest absolute Gasteiger partial charge is 0.302 e. The summed E-state index contributed by atoms with van der Waals surface area (Å²) in [7, 11) is 0. The standard InChI is InChI=1S/C9H15NO/c1-2-6-10-7-4-3-5-9(10)8-11/h2,8-9H,1,3-7H2/t9-/m0/s1. The van der Waals surface area contributed by atoms with Crippen LogP contribution in [0, 0.1) is 0 Å². The molecule has 1 heterocycles. The third-order valence-electron chi connectivity index (χ3n) is 2.18. The second-order valence-corrected chi connectivity index (χ2v) is 2.98. The van der Waals surface area contributed by atoms with E-state index in [0.717, 1.165) is 25.8 Å². The number of carbonyl (C=O) groups is 1. The van der Waals surface area contributed by atoms with E-state index in [0.29, 0.717) is 0 Å². The molecule has 0 saturated carbocycles. The van der Waals surface area contributed by atoms with Gasteiger partial charge >= 0.3 is 0 Å². The number of piperidine rings is 1. The molecule has 1 fully saturated rings. The van der Waals surface area contributed by atoms with Crippen LogP contribution in [0.15, 0.2) is 12.7 Å². The van der Waals surface area contributed by atoms with Gasteiger partial charge in [0.05, 0.1) is 6.04 Å². The van der Waals surface area contributed by atoms with Crippen molar-refractivity contribution in [2.45, 2.75) is 25.3 Å². The Balaban J connectivity index is 2.43. The lowest BCUT2D eigenvalue weighted by Crippen LogP contribution is -2.40. The molecule has 62 valence electrons. The molecular weight excluding hydrogens is 138 g/mol. The average molecular weight is 153 g/mol. The lowest BCUT2D eigenvalue weighted by Gasteiger charge is -2.30. The molecule has 0 N–H and O–H groups in total. The highest BCUT2D eigenvalue weighted by Crippen LogP contribution is 2.14. The Morgan fingerprint density at radius 2 is 2.36 bits per heavy atom. The van der Waals surface area contributed by atoms with Gasteiger partial charge in [0.15, 0.2) is 0 Å². The molecule has 0 aliphatic carbocycles. The van der Waals surface area contributed by atoms with Gasteiger partial charge in [0.2, 0.25) is 0 Å². The molecule has 0 bridgehead atoms. The third kappa shape index (κ3) is 2.15. The van der Waals surface area contributed by atoms with Crippen molar-refractivity contribution in [3.63, 3.8) is 0 Å². The molecule has 0 radical (unpaired) electrons. The number of hydrogen-bond donors (Lipinski definition) is 0. The van der Waals surface area contributed by atoms with Gasteiger partial charge in [0.25, 0.3) is 0 Å². The van der Waals surface area contributed by atoms with Gasteiger partial charge in [-0.15, -0.1) is 6.58 Å². The minimum Gasteiger partial charge on any atom is -0.302 e. The van der Waals surface area contributed by atoms with Crippen molar-refractivity contribution in [1.82, 2.24) is 4.90 Å². The monoisotopic (exact) mass is 153 g/mol. The summed E-state index contributed by atoms with van der Waals surface area (Å²) in [6.45, 7) is 5.57. The summed E-state index contributed by atoms with van der Waals surface area (Å²) in [5, 5.41) is 0. The Kier molecular flexibility index (Phi) is 3.30. The number of rotatable bonds is 3. The zero-order valence-corrected chi connectivity index (χ0v) is 6.83. The van der Waals surface area contributed by atoms with E-state index in [2.05, 4.69) is 11.5 Å². The van der Waals surface area contributed by atoms with Crippen LogP contribution >= 0.6 is 0 Å². The van der Waals surface area contributed by atoms with Crippen molar-refractivity contribution in [3.05, 3.63) is 12.7 Å². The quantitative estimate of drug-likeness (QED) is 0.449. The molecule has 1 aliphatic rings. The predicted molar refractivity (Wildman–Crippen MR) is 45.5 cm³/mol. The summed E-state index contributed by atoms with van der Waals surface area (Å²) in [5.74, 6) is 0. The van der Waals surface area contributed by atoms with E-state index in [1.54, 1.807) is 0 Å². The Morgan fingerprint density at radius 3 is 3.00 bits per heavy atom. The average Bonchev–Trinajstić information content (AvgIpc) is 2.06. The first kappa shape index (κ1) is 8.47. The Hall–Kier alpha value is -0.630. The van der Waals surface area contributed by atoms with Crippen molar-refractivity contribution in [1.29, 1.82) is 0 Å². The maximum Gasteiger partial charge on any atom is 0.137 e. The van der Waals surface area contributed by atoms with Gasteiger partial charge < -0.3 is 4.79 Å². The van der Waals surface area contributed by atoms with E-state index < -0.39 is 0 Å². The summed E-state index contributed by atoms with van der Waals surface area (Å²) in [5.41, 5.74) is 0.